The molecule has 0 saturated carbocycles. The Hall–Kier alpha value is -2.37. The number of nitrogens with one attached hydrogen (secondary N) is 1. The molecule has 2 aliphatic rings. The Morgan fingerprint density at radius 1 is 1.42 bits per heavy atom. The van der Waals surface area contributed by atoms with Crippen LogP contribution in [0.3, 0.4) is 0 Å². The Morgan fingerprint density at radius 3 is 2.89 bits per heavy atom. The summed E-state index contributed by atoms with van der Waals surface area (Å²) in [6.07, 6.45) is 4.48. The molecule has 3 atom stereocenters. The van der Waals surface area contributed by atoms with Crippen molar-refractivity contribution in [3.63, 3.8) is 0 Å². The molecule has 0 spiro atoms. The van der Waals surface area contributed by atoms with Crippen LogP contribution in [0, 0.1) is 16.0 Å². The third-order valence-electron chi connectivity index (χ3n) is 3.83. The van der Waals surface area contributed by atoms with Gasteiger partial charge in [0.15, 0.2) is 0 Å². The lowest BCUT2D eigenvalue weighted by Crippen LogP contribution is -2.48. The molecule has 0 fully saturated rings. The van der Waals surface area contributed by atoms with Gasteiger partial charge < -0.3 is 15.2 Å². The molecule has 0 amide bonds. The average Bonchev–Trinajstić information content (AvgIpc) is 2.85. The van der Waals surface area contributed by atoms with E-state index < -0.39 is 16.9 Å². The van der Waals surface area contributed by atoms with Crippen LogP contribution in [0.15, 0.2) is 30.4 Å². The highest BCUT2D eigenvalue weighted by molar-refractivity contribution is 5.82. The highest BCUT2D eigenvalue weighted by atomic mass is 16.6. The SMILES string of the molecule is O=C([O-])[C@H]1Nc2c(cccc2[N+](=O)[O-])[C@H]2C=CC[C@H]12. The monoisotopic (exact) mass is 259 g/mol. The van der Waals surface area contributed by atoms with Gasteiger partial charge in [-0.3, -0.25) is 10.1 Å². The Labute approximate surface area is 108 Å². The maximum absolute atomic E-state index is 11.2. The number of aliphatic carboxylic acids is 1. The fourth-order valence-electron chi connectivity index (χ4n) is 2.99. The van der Waals surface area contributed by atoms with Crippen LogP contribution in [0.1, 0.15) is 17.9 Å². The maximum Gasteiger partial charge on any atom is 0.292 e. The largest absolute Gasteiger partial charge is 0.548 e. The molecular formula is C13H11N2O4-. The first-order chi connectivity index (χ1) is 9.09. The second-order valence-corrected chi connectivity index (χ2v) is 4.79. The van der Waals surface area contributed by atoms with Crippen molar-refractivity contribution >= 4 is 17.3 Å². The van der Waals surface area contributed by atoms with Gasteiger partial charge in [0.05, 0.1) is 16.9 Å². The lowest BCUT2D eigenvalue weighted by molar-refractivity contribution is -0.384. The molecule has 0 saturated heterocycles. The lowest BCUT2D eigenvalue weighted by atomic mass is 9.79. The minimum atomic E-state index is -1.22. The van der Waals surface area contributed by atoms with Gasteiger partial charge >= 0.3 is 0 Å². The van der Waals surface area contributed by atoms with E-state index in [1.54, 1.807) is 12.1 Å². The number of rotatable bonds is 2. The molecule has 98 valence electrons. The highest BCUT2D eigenvalue weighted by Gasteiger charge is 2.40. The van der Waals surface area contributed by atoms with Crippen molar-refractivity contribution < 1.29 is 14.8 Å². The van der Waals surface area contributed by atoms with Gasteiger partial charge in [0.25, 0.3) is 5.69 Å². The fourth-order valence-corrected chi connectivity index (χ4v) is 2.99. The Bertz CT molecular complexity index is 596. The average molecular weight is 259 g/mol. The molecular weight excluding hydrogens is 248 g/mol. The number of carbonyl (C=O) groups excluding carboxylic acids is 1. The second-order valence-electron chi connectivity index (χ2n) is 4.79. The van der Waals surface area contributed by atoms with Crippen molar-refractivity contribution in [2.75, 3.05) is 5.32 Å². The van der Waals surface area contributed by atoms with E-state index in [4.69, 9.17) is 0 Å². The number of benzene rings is 1. The minimum Gasteiger partial charge on any atom is -0.548 e. The van der Waals surface area contributed by atoms with E-state index >= 15 is 0 Å². The molecule has 1 aliphatic carbocycles. The van der Waals surface area contributed by atoms with Crippen molar-refractivity contribution in [2.45, 2.75) is 18.4 Å². The zero-order valence-corrected chi connectivity index (χ0v) is 9.91. The number of anilines is 1. The van der Waals surface area contributed by atoms with Crippen LogP contribution >= 0.6 is 0 Å². The van der Waals surface area contributed by atoms with Gasteiger partial charge in [0.2, 0.25) is 0 Å². The van der Waals surface area contributed by atoms with Gasteiger partial charge in [-0.2, -0.15) is 0 Å². The smallest absolute Gasteiger partial charge is 0.292 e. The summed E-state index contributed by atoms with van der Waals surface area (Å²) in [6.45, 7) is 0. The molecule has 1 heterocycles. The van der Waals surface area contributed by atoms with Crippen molar-refractivity contribution in [2.24, 2.45) is 5.92 Å². The summed E-state index contributed by atoms with van der Waals surface area (Å²) in [5, 5.41) is 25.0. The predicted octanol–water partition coefficient (Wildman–Crippen LogP) is 0.798. The van der Waals surface area contributed by atoms with Gasteiger partial charge in [-0.1, -0.05) is 24.3 Å². The summed E-state index contributed by atoms with van der Waals surface area (Å²) in [7, 11) is 0. The van der Waals surface area contributed by atoms with E-state index in [1.807, 2.05) is 12.2 Å². The first-order valence-corrected chi connectivity index (χ1v) is 6.01. The van der Waals surface area contributed by atoms with Crippen molar-refractivity contribution in [1.29, 1.82) is 0 Å². The maximum atomic E-state index is 11.2. The zero-order valence-electron chi connectivity index (χ0n) is 9.91. The molecule has 1 aliphatic heterocycles. The number of allylic oxidation sites excluding steroid dienone is 2. The van der Waals surface area contributed by atoms with Gasteiger partial charge in [-0.25, -0.2) is 0 Å². The molecule has 3 rings (SSSR count). The number of fused-ring (bicyclic) bond motifs is 3. The summed E-state index contributed by atoms with van der Waals surface area (Å²) in [5.74, 6) is -1.46. The molecule has 1 aromatic rings. The first kappa shape index (κ1) is 11.7. The lowest BCUT2D eigenvalue weighted by Gasteiger charge is -2.37. The number of nitro benzene ring substituents is 1. The van der Waals surface area contributed by atoms with Crippen molar-refractivity contribution in [3.05, 3.63) is 46.0 Å². The molecule has 6 nitrogen and oxygen atoms in total. The van der Waals surface area contributed by atoms with Crippen LogP contribution in [0.2, 0.25) is 0 Å². The molecule has 0 aromatic heterocycles. The predicted molar refractivity (Wildman–Crippen MR) is 65.5 cm³/mol. The Morgan fingerprint density at radius 2 is 2.21 bits per heavy atom. The molecule has 1 N–H and O–H groups in total. The summed E-state index contributed by atoms with van der Waals surface area (Å²) in [5.41, 5.74) is 0.988. The third kappa shape index (κ3) is 1.68. The highest BCUT2D eigenvalue weighted by Crippen LogP contribution is 2.47. The number of para-hydroxylation sites is 1. The fraction of sp³-hybridized carbons (Fsp3) is 0.308. The molecule has 1 aromatic carbocycles. The number of nitrogens with zero attached hydrogens (tertiary/aromatic N) is 1. The van der Waals surface area contributed by atoms with E-state index in [1.165, 1.54) is 6.07 Å². The van der Waals surface area contributed by atoms with Gasteiger partial charge in [-0.15, -0.1) is 0 Å². The van der Waals surface area contributed by atoms with E-state index in [0.717, 1.165) is 5.56 Å². The summed E-state index contributed by atoms with van der Waals surface area (Å²) < 4.78 is 0. The molecule has 19 heavy (non-hydrogen) atoms. The van der Waals surface area contributed by atoms with Crippen LogP contribution in [0.25, 0.3) is 0 Å². The topological polar surface area (TPSA) is 95.3 Å². The number of carboxylic acid groups (broad SMARTS) is 1. The van der Waals surface area contributed by atoms with E-state index in [0.29, 0.717) is 12.1 Å². The van der Waals surface area contributed by atoms with Crippen LogP contribution in [0.5, 0.6) is 0 Å². The van der Waals surface area contributed by atoms with Gasteiger partial charge in [0, 0.05) is 12.0 Å². The van der Waals surface area contributed by atoms with Gasteiger partial charge in [0.1, 0.15) is 5.69 Å². The summed E-state index contributed by atoms with van der Waals surface area (Å²) in [4.78, 5) is 21.7. The van der Waals surface area contributed by atoms with E-state index in [-0.39, 0.29) is 17.5 Å². The van der Waals surface area contributed by atoms with Crippen molar-refractivity contribution in [3.8, 4) is 0 Å². The third-order valence-corrected chi connectivity index (χ3v) is 3.83. The van der Waals surface area contributed by atoms with E-state index in [2.05, 4.69) is 5.32 Å². The van der Waals surface area contributed by atoms with Crippen LogP contribution in [-0.4, -0.2) is 16.9 Å². The zero-order chi connectivity index (χ0) is 13.6. The van der Waals surface area contributed by atoms with Crippen LogP contribution in [0.4, 0.5) is 11.4 Å². The summed E-state index contributed by atoms with van der Waals surface area (Å²) in [6, 6.07) is 3.90. The van der Waals surface area contributed by atoms with Crippen LogP contribution in [-0.2, 0) is 4.79 Å². The summed E-state index contributed by atoms with van der Waals surface area (Å²) >= 11 is 0. The molecule has 0 bridgehead atoms. The number of carbonyl (C=O) groups is 1. The van der Waals surface area contributed by atoms with Crippen molar-refractivity contribution in [1.82, 2.24) is 0 Å². The minimum absolute atomic E-state index is 0.0949. The molecule has 0 radical (unpaired) electrons. The second kappa shape index (κ2) is 4.08. The van der Waals surface area contributed by atoms with Crippen LogP contribution < -0.4 is 10.4 Å². The number of nitro groups is 1. The first-order valence-electron chi connectivity index (χ1n) is 6.01. The Kier molecular flexibility index (Phi) is 2.51. The number of hydrogen-bond acceptors (Lipinski definition) is 5. The Balaban J connectivity index is 2.15. The normalized spacial score (nSPS) is 27.3. The quantitative estimate of drug-likeness (QED) is 0.481. The molecule has 6 heteroatoms. The number of carboxylic acids is 1. The molecule has 0 unspecified atom stereocenters. The number of hydrogen-bond donors (Lipinski definition) is 1. The standard InChI is InChI=1S/C13H12N2O4/c16-13(17)12-9-4-1-3-7(9)8-5-2-6-10(15(18)19)11(8)14-12/h1-3,5-7,9,12,14H,4H2,(H,16,17)/p-1/t7-,9+,12+/m1/s1. The van der Waals surface area contributed by atoms with E-state index in [9.17, 15) is 20.0 Å². The van der Waals surface area contributed by atoms with Gasteiger partial charge in [-0.05, 0) is 17.9 Å².